The summed E-state index contributed by atoms with van der Waals surface area (Å²) in [7, 11) is 0. The van der Waals surface area contributed by atoms with E-state index in [2.05, 4.69) is 51.4 Å². The fourth-order valence-corrected chi connectivity index (χ4v) is 5.23. The van der Waals surface area contributed by atoms with Crippen LogP contribution in [-0.4, -0.2) is 32.5 Å². The molecule has 1 fully saturated rings. The Balaban J connectivity index is 1.71. The fraction of sp³-hybridized carbons (Fsp3) is 0.650. The zero-order valence-electron chi connectivity index (χ0n) is 16.3. The number of thiophene rings is 1. The molecule has 27 heavy (non-hydrogen) atoms. The van der Waals surface area contributed by atoms with Crippen molar-refractivity contribution in [1.82, 2.24) is 20.1 Å². The first kappa shape index (κ1) is 20.4. The predicted octanol–water partition coefficient (Wildman–Crippen LogP) is 4.83. The van der Waals surface area contributed by atoms with Crippen LogP contribution in [0.4, 0.5) is 0 Å². The second kappa shape index (κ2) is 10.3. The minimum absolute atomic E-state index is 0.0895. The molecule has 0 atom stereocenters. The lowest BCUT2D eigenvalue weighted by atomic mass is 9.95. The molecule has 2 aromatic rings. The Bertz CT molecular complexity index is 704. The molecule has 1 N–H and O–H groups in total. The SMILES string of the molecule is CCC(CC)NC(=O)CSc1nnc(Cc2cccs2)n1C1CCCCC1. The Morgan fingerprint density at radius 2 is 2.07 bits per heavy atom. The van der Waals surface area contributed by atoms with Gasteiger partial charge in [-0.05, 0) is 37.1 Å². The Labute approximate surface area is 170 Å². The van der Waals surface area contributed by atoms with Crippen molar-refractivity contribution in [2.24, 2.45) is 0 Å². The summed E-state index contributed by atoms with van der Waals surface area (Å²) in [6, 6.07) is 4.97. The lowest BCUT2D eigenvalue weighted by Crippen LogP contribution is -2.35. The average Bonchev–Trinajstić information content (AvgIpc) is 3.35. The summed E-state index contributed by atoms with van der Waals surface area (Å²) in [6.07, 6.45) is 8.97. The van der Waals surface area contributed by atoms with Gasteiger partial charge in [0.25, 0.3) is 0 Å². The summed E-state index contributed by atoms with van der Waals surface area (Å²) in [5, 5.41) is 15.1. The molecule has 2 heterocycles. The molecule has 1 saturated carbocycles. The maximum absolute atomic E-state index is 12.3. The third-order valence-electron chi connectivity index (χ3n) is 5.27. The second-order valence-electron chi connectivity index (χ2n) is 7.19. The molecular weight excluding hydrogens is 376 g/mol. The first-order valence-corrected chi connectivity index (χ1v) is 12.0. The van der Waals surface area contributed by atoms with Crippen molar-refractivity contribution in [2.45, 2.75) is 82.5 Å². The lowest BCUT2D eigenvalue weighted by Gasteiger charge is -2.25. The first-order valence-electron chi connectivity index (χ1n) is 10.1. The highest BCUT2D eigenvalue weighted by Gasteiger charge is 2.24. The van der Waals surface area contributed by atoms with Gasteiger partial charge in [0, 0.05) is 23.4 Å². The molecule has 2 aromatic heterocycles. The van der Waals surface area contributed by atoms with E-state index in [9.17, 15) is 4.79 Å². The van der Waals surface area contributed by atoms with Crippen LogP contribution in [0, 0.1) is 0 Å². The van der Waals surface area contributed by atoms with Crippen LogP contribution in [0.5, 0.6) is 0 Å². The van der Waals surface area contributed by atoms with Gasteiger partial charge in [-0.25, -0.2) is 0 Å². The Morgan fingerprint density at radius 3 is 2.74 bits per heavy atom. The second-order valence-corrected chi connectivity index (χ2v) is 9.16. The van der Waals surface area contributed by atoms with E-state index in [1.807, 2.05) is 0 Å². The van der Waals surface area contributed by atoms with Crippen molar-refractivity contribution in [3.63, 3.8) is 0 Å². The van der Waals surface area contributed by atoms with Crippen LogP contribution in [0.2, 0.25) is 0 Å². The zero-order chi connectivity index (χ0) is 19.1. The standard InChI is InChI=1S/C20H30N4OS2/c1-3-15(4-2)21-19(25)14-27-20-23-22-18(13-17-11-8-12-26-17)24(20)16-9-6-5-7-10-16/h8,11-12,15-16H,3-7,9-10,13-14H2,1-2H3,(H,21,25). The summed E-state index contributed by atoms with van der Waals surface area (Å²) >= 11 is 3.29. The monoisotopic (exact) mass is 406 g/mol. The van der Waals surface area contributed by atoms with Crippen molar-refractivity contribution in [2.75, 3.05) is 5.75 Å². The highest BCUT2D eigenvalue weighted by molar-refractivity contribution is 7.99. The lowest BCUT2D eigenvalue weighted by molar-refractivity contribution is -0.119. The van der Waals surface area contributed by atoms with Crippen LogP contribution in [0.25, 0.3) is 0 Å². The molecule has 148 valence electrons. The van der Waals surface area contributed by atoms with Crippen LogP contribution in [0.3, 0.4) is 0 Å². The minimum Gasteiger partial charge on any atom is -0.353 e. The molecule has 0 spiro atoms. The number of rotatable bonds is 9. The van der Waals surface area contributed by atoms with E-state index in [4.69, 9.17) is 0 Å². The maximum Gasteiger partial charge on any atom is 0.230 e. The van der Waals surface area contributed by atoms with Gasteiger partial charge in [0.15, 0.2) is 5.16 Å². The van der Waals surface area contributed by atoms with Gasteiger partial charge in [-0.15, -0.1) is 21.5 Å². The van der Waals surface area contributed by atoms with E-state index in [0.29, 0.717) is 11.8 Å². The third kappa shape index (κ3) is 5.57. The molecule has 1 aliphatic carbocycles. The zero-order valence-corrected chi connectivity index (χ0v) is 18.0. The summed E-state index contributed by atoms with van der Waals surface area (Å²) in [4.78, 5) is 13.6. The minimum atomic E-state index is 0.0895. The molecule has 0 bridgehead atoms. The molecule has 3 rings (SSSR count). The topological polar surface area (TPSA) is 59.8 Å². The third-order valence-corrected chi connectivity index (χ3v) is 7.09. The van der Waals surface area contributed by atoms with Gasteiger partial charge in [0.05, 0.1) is 5.75 Å². The van der Waals surface area contributed by atoms with E-state index >= 15 is 0 Å². The molecule has 0 saturated heterocycles. The number of aromatic nitrogens is 3. The number of thioether (sulfide) groups is 1. The van der Waals surface area contributed by atoms with Gasteiger partial charge in [0.1, 0.15) is 5.82 Å². The molecule has 0 aliphatic heterocycles. The van der Waals surface area contributed by atoms with Crippen molar-refractivity contribution in [3.8, 4) is 0 Å². The highest BCUT2D eigenvalue weighted by atomic mass is 32.2. The summed E-state index contributed by atoms with van der Waals surface area (Å²) < 4.78 is 2.33. The van der Waals surface area contributed by atoms with Gasteiger partial charge in [-0.1, -0.05) is 50.9 Å². The van der Waals surface area contributed by atoms with Gasteiger partial charge >= 0.3 is 0 Å². The number of carbonyl (C=O) groups excluding carboxylic acids is 1. The van der Waals surface area contributed by atoms with Crippen LogP contribution < -0.4 is 5.32 Å². The molecule has 1 amide bonds. The molecule has 7 heteroatoms. The summed E-state index contributed by atoms with van der Waals surface area (Å²) in [6.45, 7) is 4.22. The van der Waals surface area contributed by atoms with Crippen molar-refractivity contribution >= 4 is 29.0 Å². The number of nitrogens with zero attached hydrogens (tertiary/aromatic N) is 3. The Hall–Kier alpha value is -1.34. The van der Waals surface area contributed by atoms with Crippen molar-refractivity contribution < 1.29 is 4.79 Å². The van der Waals surface area contributed by atoms with Crippen molar-refractivity contribution in [1.29, 1.82) is 0 Å². The van der Waals surface area contributed by atoms with Crippen molar-refractivity contribution in [3.05, 3.63) is 28.2 Å². The van der Waals surface area contributed by atoms with E-state index in [-0.39, 0.29) is 11.9 Å². The smallest absolute Gasteiger partial charge is 0.230 e. The van der Waals surface area contributed by atoms with Gasteiger partial charge in [-0.2, -0.15) is 0 Å². The molecule has 0 radical (unpaired) electrons. The quantitative estimate of drug-likeness (QED) is 0.606. The summed E-state index contributed by atoms with van der Waals surface area (Å²) in [5.41, 5.74) is 0. The number of nitrogens with one attached hydrogen (secondary N) is 1. The van der Waals surface area contributed by atoms with Crippen LogP contribution in [0.15, 0.2) is 22.7 Å². The molecule has 0 unspecified atom stereocenters. The number of hydrogen-bond donors (Lipinski definition) is 1. The van der Waals surface area contributed by atoms with Gasteiger partial charge < -0.3 is 9.88 Å². The molecule has 1 aliphatic rings. The highest BCUT2D eigenvalue weighted by Crippen LogP contribution is 2.33. The summed E-state index contributed by atoms with van der Waals surface area (Å²) in [5.74, 6) is 1.53. The number of amides is 1. The van der Waals surface area contributed by atoms with Crippen LogP contribution in [-0.2, 0) is 11.2 Å². The van der Waals surface area contributed by atoms with Gasteiger partial charge in [0.2, 0.25) is 5.91 Å². The van der Waals surface area contributed by atoms with E-state index in [1.165, 1.54) is 48.7 Å². The molecular formula is C20H30N4OS2. The van der Waals surface area contributed by atoms with Gasteiger partial charge in [-0.3, -0.25) is 4.79 Å². The fourth-order valence-electron chi connectivity index (χ4n) is 3.69. The number of hydrogen-bond acceptors (Lipinski definition) is 5. The maximum atomic E-state index is 12.3. The van der Waals surface area contributed by atoms with Crippen LogP contribution in [0.1, 0.15) is 75.5 Å². The first-order chi connectivity index (χ1) is 13.2. The van der Waals surface area contributed by atoms with E-state index in [0.717, 1.165) is 30.2 Å². The predicted molar refractivity (Wildman–Crippen MR) is 113 cm³/mol. The number of carbonyl (C=O) groups is 1. The normalized spacial score (nSPS) is 15.4. The Morgan fingerprint density at radius 1 is 1.30 bits per heavy atom. The Kier molecular flexibility index (Phi) is 7.76. The molecule has 5 nitrogen and oxygen atoms in total. The van der Waals surface area contributed by atoms with E-state index < -0.39 is 0 Å². The average molecular weight is 407 g/mol. The van der Waals surface area contributed by atoms with Crippen LogP contribution >= 0.6 is 23.1 Å². The van der Waals surface area contributed by atoms with E-state index in [1.54, 1.807) is 11.3 Å². The molecule has 0 aromatic carbocycles. The largest absolute Gasteiger partial charge is 0.353 e.